The maximum absolute atomic E-state index is 13.4. The number of imidazole rings is 1. The van der Waals surface area contributed by atoms with Crippen LogP contribution in [-0.4, -0.2) is 9.55 Å². The molecule has 0 saturated heterocycles. The molecule has 0 fully saturated rings. The Hall–Kier alpha value is -3.38. The predicted octanol–water partition coefficient (Wildman–Crippen LogP) is 2.49. The molecule has 2 N–H and O–H groups in total. The van der Waals surface area contributed by atoms with Gasteiger partial charge in [-0.1, -0.05) is 0 Å². The highest BCUT2D eigenvalue weighted by atomic mass is 19.1. The minimum Gasteiger partial charge on any atom is -0.369 e. The molecule has 1 aromatic heterocycles. The first-order valence-corrected chi connectivity index (χ1v) is 6.02. The zero-order valence-electron chi connectivity index (χ0n) is 10.7. The van der Waals surface area contributed by atoms with E-state index in [4.69, 9.17) is 16.3 Å². The van der Waals surface area contributed by atoms with Gasteiger partial charge in [0.15, 0.2) is 0 Å². The summed E-state index contributed by atoms with van der Waals surface area (Å²) in [6, 6.07) is 12.8. The summed E-state index contributed by atoms with van der Waals surface area (Å²) in [7, 11) is 0. The van der Waals surface area contributed by atoms with Crippen molar-refractivity contribution in [2.24, 2.45) is 0 Å². The van der Waals surface area contributed by atoms with Gasteiger partial charge < -0.3 is 5.73 Å². The Labute approximate surface area is 119 Å². The van der Waals surface area contributed by atoms with E-state index in [2.05, 4.69) is 4.98 Å². The molecule has 0 spiro atoms. The van der Waals surface area contributed by atoms with E-state index >= 15 is 0 Å². The van der Waals surface area contributed by atoms with E-state index in [9.17, 15) is 4.39 Å². The third-order valence-electron chi connectivity index (χ3n) is 3.14. The first-order valence-electron chi connectivity index (χ1n) is 6.02. The van der Waals surface area contributed by atoms with Crippen molar-refractivity contribution in [2.75, 3.05) is 5.73 Å². The van der Waals surface area contributed by atoms with Crippen molar-refractivity contribution in [3.05, 3.63) is 53.3 Å². The first kappa shape index (κ1) is 12.6. The zero-order valence-corrected chi connectivity index (χ0v) is 10.7. The van der Waals surface area contributed by atoms with Crippen molar-refractivity contribution in [3.63, 3.8) is 0 Å². The number of anilines is 1. The average molecular weight is 277 g/mol. The van der Waals surface area contributed by atoms with Crippen LogP contribution in [0.15, 0.2) is 36.4 Å². The van der Waals surface area contributed by atoms with Gasteiger partial charge in [0.25, 0.3) is 0 Å². The number of fused-ring (bicyclic) bond motifs is 1. The van der Waals surface area contributed by atoms with Gasteiger partial charge in [0.05, 0.1) is 27.8 Å². The van der Waals surface area contributed by atoms with Crippen molar-refractivity contribution in [3.8, 4) is 17.8 Å². The summed E-state index contributed by atoms with van der Waals surface area (Å²) in [6.45, 7) is 0. The number of nitrogen functional groups attached to an aromatic ring is 1. The van der Waals surface area contributed by atoms with E-state index in [1.807, 2.05) is 12.1 Å². The standard InChI is InChI=1S/C15H8FN5/c16-11-2-4-13-14(6-11)21(15(19)20-13)12-3-1-9(7-17)10(5-12)8-18/h1-6H,(H2,19,20). The van der Waals surface area contributed by atoms with Crippen LogP contribution in [0, 0.1) is 28.5 Å². The topological polar surface area (TPSA) is 91.4 Å². The third-order valence-corrected chi connectivity index (χ3v) is 3.14. The smallest absolute Gasteiger partial charge is 0.205 e. The molecule has 0 aliphatic rings. The van der Waals surface area contributed by atoms with Gasteiger partial charge in [-0.25, -0.2) is 9.37 Å². The summed E-state index contributed by atoms with van der Waals surface area (Å²) in [5.74, 6) is -0.220. The molecule has 0 amide bonds. The van der Waals surface area contributed by atoms with Crippen LogP contribution < -0.4 is 5.73 Å². The monoisotopic (exact) mass is 277 g/mol. The highest BCUT2D eigenvalue weighted by Gasteiger charge is 2.12. The van der Waals surface area contributed by atoms with Crippen molar-refractivity contribution >= 4 is 17.0 Å². The summed E-state index contributed by atoms with van der Waals surface area (Å²) < 4.78 is 15.0. The fraction of sp³-hybridized carbons (Fsp3) is 0. The molecule has 0 aliphatic carbocycles. The van der Waals surface area contributed by atoms with Crippen molar-refractivity contribution < 1.29 is 4.39 Å². The van der Waals surface area contributed by atoms with Gasteiger partial charge in [-0.3, -0.25) is 4.57 Å². The van der Waals surface area contributed by atoms with E-state index in [0.717, 1.165) is 0 Å². The van der Waals surface area contributed by atoms with Crippen LogP contribution in [0.4, 0.5) is 10.3 Å². The van der Waals surface area contributed by atoms with Crippen LogP contribution in [0.1, 0.15) is 11.1 Å². The fourth-order valence-corrected chi connectivity index (χ4v) is 2.20. The molecule has 0 aliphatic heterocycles. The Morgan fingerprint density at radius 1 is 1.05 bits per heavy atom. The van der Waals surface area contributed by atoms with Crippen molar-refractivity contribution in [2.45, 2.75) is 0 Å². The molecule has 100 valence electrons. The lowest BCUT2D eigenvalue weighted by Gasteiger charge is -2.07. The number of nitrogens with zero attached hydrogens (tertiary/aromatic N) is 4. The summed E-state index contributed by atoms with van der Waals surface area (Å²) in [5, 5.41) is 18.0. The van der Waals surface area contributed by atoms with Crippen LogP contribution in [0.25, 0.3) is 16.7 Å². The van der Waals surface area contributed by atoms with E-state index in [1.165, 1.54) is 30.3 Å². The van der Waals surface area contributed by atoms with Gasteiger partial charge in [-0.15, -0.1) is 0 Å². The van der Waals surface area contributed by atoms with Gasteiger partial charge in [0, 0.05) is 6.07 Å². The molecule has 2 aromatic carbocycles. The predicted molar refractivity (Wildman–Crippen MR) is 74.9 cm³/mol. The lowest BCUT2D eigenvalue weighted by molar-refractivity contribution is 0.629. The van der Waals surface area contributed by atoms with E-state index in [1.54, 1.807) is 10.6 Å². The lowest BCUT2D eigenvalue weighted by atomic mass is 10.1. The molecule has 0 radical (unpaired) electrons. The Morgan fingerprint density at radius 3 is 2.52 bits per heavy atom. The van der Waals surface area contributed by atoms with Crippen LogP contribution in [-0.2, 0) is 0 Å². The van der Waals surface area contributed by atoms with Crippen LogP contribution in [0.3, 0.4) is 0 Å². The van der Waals surface area contributed by atoms with Gasteiger partial charge in [0.1, 0.15) is 18.0 Å². The highest BCUT2D eigenvalue weighted by Crippen LogP contribution is 2.25. The first-order chi connectivity index (χ1) is 10.1. The average Bonchev–Trinajstić information content (AvgIpc) is 2.81. The highest BCUT2D eigenvalue weighted by molar-refractivity contribution is 5.81. The number of benzene rings is 2. The molecule has 0 unspecified atom stereocenters. The van der Waals surface area contributed by atoms with Gasteiger partial charge in [-0.05, 0) is 30.3 Å². The van der Waals surface area contributed by atoms with Gasteiger partial charge >= 0.3 is 0 Å². The van der Waals surface area contributed by atoms with Crippen molar-refractivity contribution in [1.29, 1.82) is 10.5 Å². The Morgan fingerprint density at radius 2 is 1.81 bits per heavy atom. The number of halogens is 1. The molecule has 0 atom stereocenters. The largest absolute Gasteiger partial charge is 0.369 e. The molecule has 5 nitrogen and oxygen atoms in total. The number of nitrogens with two attached hydrogens (primary N) is 1. The number of hydrogen-bond donors (Lipinski definition) is 1. The van der Waals surface area contributed by atoms with Crippen molar-refractivity contribution in [1.82, 2.24) is 9.55 Å². The SMILES string of the molecule is N#Cc1ccc(-n2c(N)nc3ccc(F)cc32)cc1C#N. The summed E-state index contributed by atoms with van der Waals surface area (Å²) >= 11 is 0. The molecule has 3 aromatic rings. The van der Waals surface area contributed by atoms with Crippen LogP contribution >= 0.6 is 0 Å². The molecule has 0 bridgehead atoms. The lowest BCUT2D eigenvalue weighted by Crippen LogP contribution is -2.01. The molecular formula is C15H8FN5. The molecule has 3 rings (SSSR count). The van der Waals surface area contributed by atoms with E-state index in [0.29, 0.717) is 16.7 Å². The van der Waals surface area contributed by atoms with E-state index < -0.39 is 5.82 Å². The summed E-state index contributed by atoms with van der Waals surface area (Å²) in [4.78, 5) is 4.15. The second-order valence-corrected chi connectivity index (χ2v) is 4.39. The number of nitriles is 2. The Bertz CT molecular complexity index is 943. The fourth-order valence-electron chi connectivity index (χ4n) is 2.20. The van der Waals surface area contributed by atoms with Gasteiger partial charge in [-0.2, -0.15) is 10.5 Å². The normalized spacial score (nSPS) is 10.2. The number of hydrogen-bond acceptors (Lipinski definition) is 4. The molecule has 21 heavy (non-hydrogen) atoms. The van der Waals surface area contributed by atoms with Gasteiger partial charge in [0.2, 0.25) is 5.95 Å². The molecular weight excluding hydrogens is 269 g/mol. The number of aromatic nitrogens is 2. The zero-order chi connectivity index (χ0) is 15.0. The second-order valence-electron chi connectivity index (χ2n) is 4.39. The van der Waals surface area contributed by atoms with Crippen LogP contribution in [0.5, 0.6) is 0 Å². The maximum atomic E-state index is 13.4. The quantitative estimate of drug-likeness (QED) is 0.739. The second kappa shape index (κ2) is 4.62. The summed E-state index contributed by atoms with van der Waals surface area (Å²) in [5.41, 5.74) is 7.99. The Kier molecular flexibility index (Phi) is 2.78. The maximum Gasteiger partial charge on any atom is 0.205 e. The van der Waals surface area contributed by atoms with E-state index in [-0.39, 0.29) is 17.1 Å². The van der Waals surface area contributed by atoms with Crippen LogP contribution in [0.2, 0.25) is 0 Å². The molecule has 1 heterocycles. The minimum absolute atomic E-state index is 0.184. The molecule has 0 saturated carbocycles. The number of rotatable bonds is 1. The Balaban J connectivity index is 2.31. The summed E-state index contributed by atoms with van der Waals surface area (Å²) in [6.07, 6.45) is 0. The molecule has 6 heteroatoms. The third kappa shape index (κ3) is 1.96. The minimum atomic E-state index is -0.405.